The summed E-state index contributed by atoms with van der Waals surface area (Å²) in [4.78, 5) is 21.4. The van der Waals surface area contributed by atoms with Gasteiger partial charge in [-0.25, -0.2) is 9.97 Å². The van der Waals surface area contributed by atoms with E-state index in [2.05, 4.69) is 15.3 Å². The number of fused-ring (bicyclic) bond motifs is 1. The van der Waals surface area contributed by atoms with Gasteiger partial charge in [0, 0.05) is 11.1 Å². The van der Waals surface area contributed by atoms with Gasteiger partial charge in [0.25, 0.3) is 0 Å². The summed E-state index contributed by atoms with van der Waals surface area (Å²) < 4.78 is 38.2. The van der Waals surface area contributed by atoms with Crippen LogP contribution in [0.5, 0.6) is 0 Å². The van der Waals surface area contributed by atoms with Gasteiger partial charge in [0.1, 0.15) is 16.2 Å². The average molecular weight is 383 g/mol. The number of aromatic nitrogens is 2. The van der Waals surface area contributed by atoms with E-state index in [0.29, 0.717) is 5.03 Å². The first-order valence-electron chi connectivity index (χ1n) is 7.17. The lowest BCUT2D eigenvalue weighted by atomic mass is 10.2. The van der Waals surface area contributed by atoms with E-state index in [1.54, 1.807) is 6.92 Å². The molecule has 0 bridgehead atoms. The molecule has 25 heavy (non-hydrogen) atoms. The van der Waals surface area contributed by atoms with Crippen LogP contribution < -0.4 is 5.32 Å². The van der Waals surface area contributed by atoms with E-state index in [0.717, 1.165) is 22.3 Å². The highest BCUT2D eigenvalue weighted by atomic mass is 32.2. The first-order valence-corrected chi connectivity index (χ1v) is 8.93. The van der Waals surface area contributed by atoms with Crippen LogP contribution in [0.3, 0.4) is 0 Å². The summed E-state index contributed by atoms with van der Waals surface area (Å²) in [6.07, 6.45) is -3.02. The number of alkyl halides is 3. The molecular formula is C16H12F3N3OS2. The molecule has 0 aliphatic rings. The average Bonchev–Trinajstić information content (AvgIpc) is 3.04. The Balaban J connectivity index is 1.72. The number of thiophene rings is 1. The van der Waals surface area contributed by atoms with Crippen molar-refractivity contribution in [1.29, 1.82) is 0 Å². The fourth-order valence-electron chi connectivity index (χ4n) is 2.10. The number of rotatable bonds is 4. The van der Waals surface area contributed by atoms with Gasteiger partial charge in [0.2, 0.25) is 5.91 Å². The first-order chi connectivity index (χ1) is 11.8. The Labute approximate surface area is 149 Å². The number of nitrogens with zero attached hydrogens (tertiary/aromatic N) is 2. The zero-order valence-electron chi connectivity index (χ0n) is 12.9. The minimum absolute atomic E-state index is 0.107. The second-order valence-electron chi connectivity index (χ2n) is 5.15. The lowest BCUT2D eigenvalue weighted by molar-refractivity contribution is -0.137. The number of benzene rings is 1. The van der Waals surface area contributed by atoms with Crippen molar-refractivity contribution in [3.8, 4) is 0 Å². The summed E-state index contributed by atoms with van der Waals surface area (Å²) in [6, 6.07) is 6.43. The minimum atomic E-state index is -4.45. The van der Waals surface area contributed by atoms with Crippen molar-refractivity contribution in [3.05, 3.63) is 47.6 Å². The summed E-state index contributed by atoms with van der Waals surface area (Å²) in [5.74, 6) is -0.397. The van der Waals surface area contributed by atoms with Gasteiger partial charge in [0.05, 0.1) is 10.8 Å². The van der Waals surface area contributed by atoms with Gasteiger partial charge in [0.15, 0.2) is 0 Å². The molecule has 3 aromatic rings. The second-order valence-corrected chi connectivity index (χ2v) is 7.37. The molecule has 2 aromatic heterocycles. The number of hydrogen-bond donors (Lipinski definition) is 1. The minimum Gasteiger partial charge on any atom is -0.325 e. The fourth-order valence-corrected chi connectivity index (χ4v) is 3.80. The van der Waals surface area contributed by atoms with Crippen LogP contribution in [0.25, 0.3) is 10.2 Å². The smallest absolute Gasteiger partial charge is 0.325 e. The molecule has 0 spiro atoms. The van der Waals surface area contributed by atoms with Gasteiger partial charge >= 0.3 is 6.18 Å². The van der Waals surface area contributed by atoms with E-state index in [9.17, 15) is 18.0 Å². The lowest BCUT2D eigenvalue weighted by Gasteiger charge is -2.13. The van der Waals surface area contributed by atoms with Crippen molar-refractivity contribution in [2.45, 2.75) is 23.4 Å². The van der Waals surface area contributed by atoms with E-state index in [1.165, 1.54) is 41.6 Å². The summed E-state index contributed by atoms with van der Waals surface area (Å²) in [7, 11) is 0. The molecule has 1 amide bonds. The third kappa shape index (κ3) is 4.10. The Morgan fingerprint density at radius 2 is 2.08 bits per heavy atom. The predicted molar refractivity (Wildman–Crippen MR) is 92.8 cm³/mol. The van der Waals surface area contributed by atoms with E-state index < -0.39 is 22.9 Å². The number of carbonyl (C=O) groups is 1. The molecule has 0 fully saturated rings. The number of carbonyl (C=O) groups excluding carboxylic acids is 1. The van der Waals surface area contributed by atoms with Crippen molar-refractivity contribution in [1.82, 2.24) is 9.97 Å². The molecule has 0 saturated carbocycles. The molecule has 1 N–H and O–H groups in total. The summed E-state index contributed by atoms with van der Waals surface area (Å²) >= 11 is 2.71. The Bertz CT molecular complexity index is 911. The van der Waals surface area contributed by atoms with Gasteiger partial charge < -0.3 is 5.32 Å². The van der Waals surface area contributed by atoms with E-state index in [-0.39, 0.29) is 5.69 Å². The van der Waals surface area contributed by atoms with Crippen LogP contribution in [0.15, 0.2) is 47.1 Å². The number of halogens is 3. The maximum Gasteiger partial charge on any atom is 0.416 e. The quantitative estimate of drug-likeness (QED) is 0.518. The van der Waals surface area contributed by atoms with Gasteiger partial charge in [-0.05, 0) is 36.6 Å². The van der Waals surface area contributed by atoms with Gasteiger partial charge in [-0.2, -0.15) is 13.2 Å². The number of amides is 1. The SMILES string of the molecule is CC(Sc1ncnc2sccc12)C(=O)Nc1cccc(C(F)(F)F)c1. The predicted octanol–water partition coefficient (Wildman–Crippen LogP) is 4.83. The second kappa shape index (κ2) is 7.01. The standard InChI is InChI=1S/C16H12F3N3OS2/c1-9(25-15-12-5-6-24-14(12)20-8-21-15)13(23)22-11-4-2-3-10(7-11)16(17,18)19/h2-9H,1H3,(H,22,23). The lowest BCUT2D eigenvalue weighted by Crippen LogP contribution is -2.22. The van der Waals surface area contributed by atoms with Crippen LogP contribution in [-0.4, -0.2) is 21.1 Å². The third-order valence-corrected chi connectivity index (χ3v) is 5.28. The van der Waals surface area contributed by atoms with Crippen molar-refractivity contribution < 1.29 is 18.0 Å². The van der Waals surface area contributed by atoms with Gasteiger partial charge in [-0.3, -0.25) is 4.79 Å². The van der Waals surface area contributed by atoms with E-state index in [1.807, 2.05) is 11.4 Å². The zero-order chi connectivity index (χ0) is 18.0. The molecule has 1 atom stereocenters. The Morgan fingerprint density at radius 1 is 1.28 bits per heavy atom. The molecule has 0 saturated heterocycles. The van der Waals surface area contributed by atoms with Crippen LogP contribution in [0.2, 0.25) is 0 Å². The molecule has 1 aromatic carbocycles. The third-order valence-electron chi connectivity index (χ3n) is 3.34. The normalized spacial score (nSPS) is 13.0. The zero-order valence-corrected chi connectivity index (χ0v) is 14.5. The fraction of sp³-hybridized carbons (Fsp3) is 0.188. The van der Waals surface area contributed by atoms with Crippen molar-refractivity contribution in [2.24, 2.45) is 0 Å². The Kier molecular flexibility index (Phi) is 4.96. The largest absolute Gasteiger partial charge is 0.416 e. The maximum atomic E-state index is 12.7. The summed E-state index contributed by atoms with van der Waals surface area (Å²) in [5, 5.41) is 5.39. The number of anilines is 1. The topological polar surface area (TPSA) is 54.9 Å². The molecule has 0 aliphatic heterocycles. The monoisotopic (exact) mass is 383 g/mol. The number of hydrogen-bond acceptors (Lipinski definition) is 5. The summed E-state index contributed by atoms with van der Waals surface area (Å²) in [6.45, 7) is 1.67. The van der Waals surface area contributed by atoms with Gasteiger partial charge in [-0.1, -0.05) is 17.8 Å². The molecule has 1 unspecified atom stereocenters. The molecule has 3 rings (SSSR count). The van der Waals surface area contributed by atoms with Crippen LogP contribution in [0.4, 0.5) is 18.9 Å². The van der Waals surface area contributed by atoms with Crippen LogP contribution in [-0.2, 0) is 11.0 Å². The van der Waals surface area contributed by atoms with E-state index >= 15 is 0 Å². The molecule has 9 heteroatoms. The van der Waals surface area contributed by atoms with Crippen LogP contribution >= 0.6 is 23.1 Å². The molecule has 0 radical (unpaired) electrons. The molecular weight excluding hydrogens is 371 g/mol. The highest BCUT2D eigenvalue weighted by molar-refractivity contribution is 8.00. The molecule has 0 aliphatic carbocycles. The molecule has 4 nitrogen and oxygen atoms in total. The Morgan fingerprint density at radius 3 is 2.84 bits per heavy atom. The van der Waals surface area contributed by atoms with E-state index in [4.69, 9.17) is 0 Å². The first kappa shape index (κ1) is 17.7. The van der Waals surface area contributed by atoms with Crippen molar-refractivity contribution >= 4 is 44.9 Å². The molecule has 130 valence electrons. The maximum absolute atomic E-state index is 12.7. The van der Waals surface area contributed by atoms with Crippen molar-refractivity contribution in [3.63, 3.8) is 0 Å². The molecule has 2 heterocycles. The summed E-state index contributed by atoms with van der Waals surface area (Å²) in [5.41, 5.74) is -0.697. The highest BCUT2D eigenvalue weighted by Gasteiger charge is 2.30. The van der Waals surface area contributed by atoms with Crippen LogP contribution in [0.1, 0.15) is 12.5 Å². The van der Waals surface area contributed by atoms with Crippen molar-refractivity contribution in [2.75, 3.05) is 5.32 Å². The van der Waals surface area contributed by atoms with Crippen LogP contribution in [0, 0.1) is 0 Å². The number of nitrogens with one attached hydrogen (secondary N) is 1. The van der Waals surface area contributed by atoms with Gasteiger partial charge in [-0.15, -0.1) is 11.3 Å². The Hall–Kier alpha value is -2.13. The highest BCUT2D eigenvalue weighted by Crippen LogP contribution is 2.32. The number of thioether (sulfide) groups is 1.